The van der Waals surface area contributed by atoms with E-state index in [4.69, 9.17) is 25.8 Å². The van der Waals surface area contributed by atoms with Gasteiger partial charge in [0.05, 0.1) is 12.3 Å². The van der Waals surface area contributed by atoms with Gasteiger partial charge in [-0.3, -0.25) is 0 Å². The molecule has 0 fully saturated rings. The zero-order valence-electron chi connectivity index (χ0n) is 18.6. The summed E-state index contributed by atoms with van der Waals surface area (Å²) >= 11 is 7.54. The maximum absolute atomic E-state index is 12.2. The van der Waals surface area contributed by atoms with E-state index in [1.165, 1.54) is 0 Å². The minimum Gasteiger partial charge on any atom is -0.487 e. The number of carbonyl (C=O) groups excluding carboxylic acids is 1. The van der Waals surface area contributed by atoms with Crippen LogP contribution in [0.2, 0.25) is 5.02 Å². The predicted molar refractivity (Wildman–Crippen MR) is 128 cm³/mol. The molecule has 2 aromatic carbocycles. The molecule has 0 radical (unpaired) electrons. The smallest absolute Gasteiger partial charge is 0.335 e. The van der Waals surface area contributed by atoms with E-state index in [2.05, 4.69) is 11.9 Å². The number of ether oxygens (including phenoxy) is 3. The zero-order valence-corrected chi connectivity index (χ0v) is 20.2. The number of hydrogen-bond acceptors (Lipinski definition) is 6. The van der Waals surface area contributed by atoms with Gasteiger partial charge in [-0.25, -0.2) is 9.78 Å². The highest BCUT2D eigenvalue weighted by atomic mass is 35.5. The minimum atomic E-state index is -0.599. The highest BCUT2D eigenvalue weighted by Gasteiger charge is 2.22. The van der Waals surface area contributed by atoms with E-state index in [-0.39, 0.29) is 5.97 Å². The standard InChI is InChI=1S/C25H28ClNO4S/c1-4-17-13-22(12-9-19(17)14-23(29-5-2)25(28)30-6-3)31-15-21-16-32-24(27-21)18-7-10-20(26)11-8-18/h7-13,16,23H,4-6,14-15H2,1-3H3/t23-/m0/s1. The summed E-state index contributed by atoms with van der Waals surface area (Å²) in [6, 6.07) is 13.6. The van der Waals surface area contributed by atoms with E-state index in [1.807, 2.05) is 54.8 Å². The van der Waals surface area contributed by atoms with Crippen molar-refractivity contribution in [3.63, 3.8) is 0 Å². The summed E-state index contributed by atoms with van der Waals surface area (Å²) in [6.45, 7) is 6.94. The lowest BCUT2D eigenvalue weighted by Gasteiger charge is -2.18. The van der Waals surface area contributed by atoms with Crippen molar-refractivity contribution in [1.29, 1.82) is 0 Å². The topological polar surface area (TPSA) is 57.7 Å². The highest BCUT2D eigenvalue weighted by Crippen LogP contribution is 2.26. The highest BCUT2D eigenvalue weighted by molar-refractivity contribution is 7.13. The van der Waals surface area contributed by atoms with Crippen LogP contribution in [0.3, 0.4) is 0 Å². The van der Waals surface area contributed by atoms with Gasteiger partial charge in [-0.15, -0.1) is 11.3 Å². The molecule has 32 heavy (non-hydrogen) atoms. The van der Waals surface area contributed by atoms with Gasteiger partial charge in [0.1, 0.15) is 17.4 Å². The molecular formula is C25H28ClNO4S. The van der Waals surface area contributed by atoms with Gasteiger partial charge in [-0.05, 0) is 55.7 Å². The molecule has 7 heteroatoms. The lowest BCUT2D eigenvalue weighted by atomic mass is 9.99. The molecule has 3 rings (SSSR count). The molecule has 1 heterocycles. The van der Waals surface area contributed by atoms with Crippen molar-refractivity contribution in [3.05, 3.63) is 69.7 Å². The van der Waals surface area contributed by atoms with Gasteiger partial charge in [0.15, 0.2) is 6.10 Å². The average Bonchev–Trinajstić information content (AvgIpc) is 3.27. The van der Waals surface area contributed by atoms with E-state index in [9.17, 15) is 4.79 Å². The molecule has 0 bridgehead atoms. The van der Waals surface area contributed by atoms with Crippen LogP contribution in [0.5, 0.6) is 5.75 Å². The molecule has 0 saturated heterocycles. The van der Waals surface area contributed by atoms with Gasteiger partial charge in [0.25, 0.3) is 0 Å². The Morgan fingerprint density at radius 1 is 1.06 bits per heavy atom. The van der Waals surface area contributed by atoms with Crippen molar-refractivity contribution in [1.82, 2.24) is 4.98 Å². The van der Waals surface area contributed by atoms with Gasteiger partial charge >= 0.3 is 5.97 Å². The number of thiazole rings is 1. The SMILES string of the molecule is CCOC(=O)[C@H](Cc1ccc(OCc2csc(-c3ccc(Cl)cc3)n2)cc1CC)OCC. The van der Waals surface area contributed by atoms with Crippen LogP contribution in [0, 0.1) is 0 Å². The number of hydrogen-bond donors (Lipinski definition) is 0. The fourth-order valence-electron chi connectivity index (χ4n) is 3.32. The molecule has 0 amide bonds. The van der Waals surface area contributed by atoms with Crippen LogP contribution in [-0.2, 0) is 33.7 Å². The van der Waals surface area contributed by atoms with Crippen molar-refractivity contribution in [2.45, 2.75) is 46.3 Å². The lowest BCUT2D eigenvalue weighted by molar-refractivity contribution is -0.156. The van der Waals surface area contributed by atoms with Crippen LogP contribution >= 0.6 is 22.9 Å². The van der Waals surface area contributed by atoms with Crippen LogP contribution < -0.4 is 4.74 Å². The number of rotatable bonds is 11. The number of benzene rings is 2. The maximum Gasteiger partial charge on any atom is 0.335 e. The Labute approximate surface area is 198 Å². The molecule has 0 N–H and O–H groups in total. The van der Waals surface area contributed by atoms with Crippen molar-refractivity contribution < 1.29 is 19.0 Å². The van der Waals surface area contributed by atoms with Gasteiger partial charge in [-0.2, -0.15) is 0 Å². The van der Waals surface area contributed by atoms with E-state index in [0.717, 1.165) is 39.6 Å². The molecule has 3 aromatic rings. The molecule has 0 unspecified atom stereocenters. The molecule has 0 aliphatic rings. The Hall–Kier alpha value is -2.41. The van der Waals surface area contributed by atoms with Gasteiger partial charge < -0.3 is 14.2 Å². The molecule has 170 valence electrons. The fourth-order valence-corrected chi connectivity index (χ4v) is 4.26. The molecular weight excluding hydrogens is 446 g/mol. The second-order valence-corrected chi connectivity index (χ2v) is 8.42. The molecule has 0 spiro atoms. The Morgan fingerprint density at radius 2 is 1.84 bits per heavy atom. The third-order valence-corrected chi connectivity index (χ3v) is 6.10. The first kappa shape index (κ1) is 24.2. The average molecular weight is 474 g/mol. The summed E-state index contributed by atoms with van der Waals surface area (Å²) in [5.41, 5.74) is 4.09. The minimum absolute atomic E-state index is 0.322. The fraction of sp³-hybridized carbons (Fsp3) is 0.360. The lowest BCUT2D eigenvalue weighted by Crippen LogP contribution is -2.29. The number of nitrogens with zero attached hydrogens (tertiary/aromatic N) is 1. The van der Waals surface area contributed by atoms with E-state index in [0.29, 0.717) is 31.3 Å². The molecule has 0 aliphatic heterocycles. The molecule has 1 aromatic heterocycles. The molecule has 0 saturated carbocycles. The van der Waals surface area contributed by atoms with Crippen molar-refractivity contribution in [2.24, 2.45) is 0 Å². The third-order valence-electron chi connectivity index (χ3n) is 4.91. The summed E-state index contributed by atoms with van der Waals surface area (Å²) in [5.74, 6) is 0.451. The van der Waals surface area contributed by atoms with Crippen molar-refractivity contribution >= 4 is 28.9 Å². The van der Waals surface area contributed by atoms with Crippen molar-refractivity contribution in [3.8, 4) is 16.3 Å². The van der Waals surface area contributed by atoms with Crippen LogP contribution in [-0.4, -0.2) is 30.3 Å². The molecule has 0 aliphatic carbocycles. The normalized spacial score (nSPS) is 11.9. The number of aryl methyl sites for hydroxylation is 1. The van der Waals surface area contributed by atoms with Crippen LogP contribution in [0.1, 0.15) is 37.6 Å². The Bertz CT molecular complexity index is 1020. The van der Waals surface area contributed by atoms with Crippen LogP contribution in [0.15, 0.2) is 47.8 Å². The first-order chi connectivity index (χ1) is 15.5. The summed E-state index contributed by atoms with van der Waals surface area (Å²) in [5, 5.41) is 3.65. The number of aromatic nitrogens is 1. The summed E-state index contributed by atoms with van der Waals surface area (Å²) in [6.07, 6.45) is 0.705. The molecule has 5 nitrogen and oxygen atoms in total. The van der Waals surface area contributed by atoms with Crippen LogP contribution in [0.4, 0.5) is 0 Å². The number of esters is 1. The third kappa shape index (κ3) is 6.55. The van der Waals surface area contributed by atoms with E-state index in [1.54, 1.807) is 18.3 Å². The van der Waals surface area contributed by atoms with E-state index < -0.39 is 6.10 Å². The second kappa shape index (κ2) is 12.0. The van der Waals surface area contributed by atoms with Gasteiger partial charge in [0, 0.05) is 29.0 Å². The zero-order chi connectivity index (χ0) is 22.9. The first-order valence-corrected chi connectivity index (χ1v) is 12.0. The monoisotopic (exact) mass is 473 g/mol. The maximum atomic E-state index is 12.2. The van der Waals surface area contributed by atoms with Crippen LogP contribution in [0.25, 0.3) is 10.6 Å². The van der Waals surface area contributed by atoms with E-state index >= 15 is 0 Å². The predicted octanol–water partition coefficient (Wildman–Crippen LogP) is 6.12. The largest absolute Gasteiger partial charge is 0.487 e. The quantitative estimate of drug-likeness (QED) is 0.314. The molecule has 1 atom stereocenters. The summed E-state index contributed by atoms with van der Waals surface area (Å²) < 4.78 is 16.8. The van der Waals surface area contributed by atoms with Crippen molar-refractivity contribution in [2.75, 3.05) is 13.2 Å². The second-order valence-electron chi connectivity index (χ2n) is 7.12. The Morgan fingerprint density at radius 3 is 2.53 bits per heavy atom. The Balaban J connectivity index is 1.65. The van der Waals surface area contributed by atoms with Gasteiger partial charge in [-0.1, -0.05) is 36.7 Å². The first-order valence-electron chi connectivity index (χ1n) is 10.8. The summed E-state index contributed by atoms with van der Waals surface area (Å²) in [7, 11) is 0. The number of halogens is 1. The Kier molecular flexibility index (Phi) is 9.09. The summed E-state index contributed by atoms with van der Waals surface area (Å²) in [4.78, 5) is 16.9. The number of carbonyl (C=O) groups is 1. The van der Waals surface area contributed by atoms with Gasteiger partial charge in [0.2, 0.25) is 0 Å².